The molecule has 1 N–H and O–H groups in total. The molecule has 0 radical (unpaired) electrons. The lowest BCUT2D eigenvalue weighted by Gasteiger charge is -2.12. The molecule has 26 heavy (non-hydrogen) atoms. The normalized spacial score (nSPS) is 10.5. The Labute approximate surface area is 156 Å². The first kappa shape index (κ1) is 17.9. The number of carbonyl (C=O) groups excluding carboxylic acids is 1. The van der Waals surface area contributed by atoms with Crippen molar-refractivity contribution in [2.45, 2.75) is 19.0 Å². The van der Waals surface area contributed by atoms with Crippen molar-refractivity contribution in [3.05, 3.63) is 82.3 Å². The Morgan fingerprint density at radius 2 is 1.77 bits per heavy atom. The fraction of sp³-hybridized carbons (Fsp3) is 0.150. The monoisotopic (exact) mass is 365 g/mol. The number of para-hydroxylation sites is 1. The summed E-state index contributed by atoms with van der Waals surface area (Å²) in [6, 6.07) is 18.4. The average Bonchev–Trinajstić information content (AvgIpc) is 2.62. The van der Waals surface area contributed by atoms with Gasteiger partial charge in [0, 0.05) is 17.4 Å². The number of anilines is 1. The Balaban J connectivity index is 1.78. The molecule has 3 aromatic rings. The highest BCUT2D eigenvalue weighted by Crippen LogP contribution is 2.19. The summed E-state index contributed by atoms with van der Waals surface area (Å²) in [6.07, 6.45) is 0. The largest absolute Gasteiger partial charge is 0.325 e. The second kappa shape index (κ2) is 8.01. The number of nitrogens with zero attached hydrogens (tertiary/aromatic N) is 2. The van der Waals surface area contributed by atoms with Gasteiger partial charge in [0.2, 0.25) is 5.91 Å². The van der Waals surface area contributed by atoms with E-state index in [0.29, 0.717) is 10.9 Å². The van der Waals surface area contributed by atoms with Crippen LogP contribution in [0, 0.1) is 13.8 Å². The minimum absolute atomic E-state index is 0.144. The molecule has 3 rings (SSSR count). The molecule has 1 heterocycles. The third kappa shape index (κ3) is 4.40. The molecule has 2 aromatic carbocycles. The number of benzene rings is 2. The van der Waals surface area contributed by atoms with Gasteiger partial charge in [-0.3, -0.25) is 14.2 Å². The highest BCUT2D eigenvalue weighted by atomic mass is 32.2. The lowest BCUT2D eigenvalue weighted by molar-refractivity contribution is -0.113. The van der Waals surface area contributed by atoms with Gasteiger partial charge in [-0.25, -0.2) is 4.98 Å². The van der Waals surface area contributed by atoms with Crippen LogP contribution >= 0.6 is 11.8 Å². The molecular weight excluding hydrogens is 346 g/mol. The van der Waals surface area contributed by atoms with E-state index in [-0.39, 0.29) is 17.2 Å². The zero-order chi connectivity index (χ0) is 18.5. The molecule has 0 atom stereocenters. The van der Waals surface area contributed by atoms with Gasteiger partial charge in [-0.15, -0.1) is 0 Å². The van der Waals surface area contributed by atoms with Crippen LogP contribution in [0.3, 0.4) is 0 Å². The summed E-state index contributed by atoms with van der Waals surface area (Å²) in [5.74, 6) is 0.0191. The smallest absolute Gasteiger partial charge is 0.258 e. The molecule has 132 valence electrons. The molecule has 0 fully saturated rings. The Morgan fingerprint density at radius 3 is 2.46 bits per heavy atom. The van der Waals surface area contributed by atoms with Crippen LogP contribution in [0.5, 0.6) is 0 Å². The molecule has 0 saturated heterocycles. The van der Waals surface area contributed by atoms with E-state index < -0.39 is 0 Å². The number of nitrogens with one attached hydrogen (secondary N) is 1. The van der Waals surface area contributed by atoms with Crippen molar-refractivity contribution in [3.63, 3.8) is 0 Å². The number of aryl methyl sites for hydroxylation is 2. The molecular formula is C20H19N3O2S. The second-order valence-corrected chi connectivity index (χ2v) is 6.83. The van der Waals surface area contributed by atoms with Crippen LogP contribution in [0.4, 0.5) is 5.69 Å². The van der Waals surface area contributed by atoms with Crippen molar-refractivity contribution in [3.8, 4) is 5.69 Å². The number of hydrogen-bond acceptors (Lipinski definition) is 4. The summed E-state index contributed by atoms with van der Waals surface area (Å²) in [5, 5.41) is 3.35. The van der Waals surface area contributed by atoms with Gasteiger partial charge in [0.25, 0.3) is 5.56 Å². The Kier molecular flexibility index (Phi) is 5.53. The first-order chi connectivity index (χ1) is 12.5. The Bertz CT molecular complexity index is 967. The molecule has 0 unspecified atom stereocenters. The summed E-state index contributed by atoms with van der Waals surface area (Å²) in [4.78, 5) is 29.1. The van der Waals surface area contributed by atoms with Crippen LogP contribution in [0.15, 0.2) is 70.6 Å². The Hall–Kier alpha value is -2.86. The summed E-state index contributed by atoms with van der Waals surface area (Å²) < 4.78 is 1.52. The van der Waals surface area contributed by atoms with Crippen LogP contribution in [-0.2, 0) is 4.79 Å². The molecule has 0 spiro atoms. The predicted octanol–water partition coefficient (Wildman–Crippen LogP) is 3.58. The van der Waals surface area contributed by atoms with Gasteiger partial charge < -0.3 is 5.32 Å². The van der Waals surface area contributed by atoms with Gasteiger partial charge in [0.15, 0.2) is 5.16 Å². The Morgan fingerprint density at radius 1 is 1.08 bits per heavy atom. The van der Waals surface area contributed by atoms with E-state index in [0.717, 1.165) is 16.9 Å². The number of rotatable bonds is 5. The summed E-state index contributed by atoms with van der Waals surface area (Å²) in [5.41, 5.74) is 3.08. The molecule has 0 aliphatic heterocycles. The van der Waals surface area contributed by atoms with Crippen molar-refractivity contribution < 1.29 is 4.79 Å². The van der Waals surface area contributed by atoms with E-state index in [1.807, 2.05) is 61.5 Å². The third-order valence-corrected chi connectivity index (χ3v) is 4.64. The molecule has 0 saturated carbocycles. The van der Waals surface area contributed by atoms with Gasteiger partial charge in [-0.1, -0.05) is 47.7 Å². The van der Waals surface area contributed by atoms with Crippen molar-refractivity contribution >= 4 is 23.4 Å². The van der Waals surface area contributed by atoms with Crippen molar-refractivity contribution in [1.82, 2.24) is 9.55 Å². The minimum Gasteiger partial charge on any atom is -0.325 e. The van der Waals surface area contributed by atoms with E-state index >= 15 is 0 Å². The van der Waals surface area contributed by atoms with Gasteiger partial charge in [0.05, 0.1) is 11.4 Å². The zero-order valence-electron chi connectivity index (χ0n) is 14.6. The average molecular weight is 365 g/mol. The highest BCUT2D eigenvalue weighted by molar-refractivity contribution is 7.99. The topological polar surface area (TPSA) is 64.0 Å². The van der Waals surface area contributed by atoms with Gasteiger partial charge in [0.1, 0.15) is 0 Å². The maximum Gasteiger partial charge on any atom is 0.258 e. The lowest BCUT2D eigenvalue weighted by Crippen LogP contribution is -2.22. The number of carbonyl (C=O) groups is 1. The predicted molar refractivity (Wildman–Crippen MR) is 105 cm³/mol. The van der Waals surface area contributed by atoms with E-state index in [4.69, 9.17) is 0 Å². The van der Waals surface area contributed by atoms with E-state index in [9.17, 15) is 9.59 Å². The van der Waals surface area contributed by atoms with Crippen LogP contribution < -0.4 is 10.9 Å². The molecule has 1 aromatic heterocycles. The second-order valence-electron chi connectivity index (χ2n) is 5.89. The van der Waals surface area contributed by atoms with Crippen molar-refractivity contribution in [2.75, 3.05) is 11.1 Å². The number of hydrogen-bond donors (Lipinski definition) is 1. The van der Waals surface area contributed by atoms with Crippen LogP contribution in [-0.4, -0.2) is 21.2 Å². The molecule has 1 amide bonds. The number of amides is 1. The van der Waals surface area contributed by atoms with Crippen LogP contribution in [0.25, 0.3) is 5.69 Å². The summed E-state index contributed by atoms with van der Waals surface area (Å²) in [6.45, 7) is 3.76. The summed E-state index contributed by atoms with van der Waals surface area (Å²) in [7, 11) is 0. The first-order valence-corrected chi connectivity index (χ1v) is 9.17. The SMILES string of the molecule is Cc1ccc(NC(=O)CSc2nc(C)cc(=O)n2-c2ccccc2)cc1. The maximum absolute atomic E-state index is 12.4. The minimum atomic E-state index is -0.162. The maximum atomic E-state index is 12.4. The van der Waals surface area contributed by atoms with Crippen molar-refractivity contribution in [2.24, 2.45) is 0 Å². The van der Waals surface area contributed by atoms with Gasteiger partial charge in [-0.05, 0) is 38.1 Å². The molecule has 0 aliphatic carbocycles. The fourth-order valence-electron chi connectivity index (χ4n) is 2.45. The van der Waals surface area contributed by atoms with E-state index in [2.05, 4.69) is 10.3 Å². The lowest BCUT2D eigenvalue weighted by atomic mass is 10.2. The van der Waals surface area contributed by atoms with E-state index in [1.54, 1.807) is 6.92 Å². The van der Waals surface area contributed by atoms with Gasteiger partial charge >= 0.3 is 0 Å². The quantitative estimate of drug-likeness (QED) is 0.554. The molecule has 5 nitrogen and oxygen atoms in total. The fourth-order valence-corrected chi connectivity index (χ4v) is 3.31. The standard InChI is InChI=1S/C20H19N3O2S/c1-14-8-10-16(11-9-14)22-18(24)13-26-20-21-15(2)12-19(25)23(20)17-6-4-3-5-7-17/h3-12H,13H2,1-2H3,(H,22,24). The van der Waals surface area contributed by atoms with E-state index in [1.165, 1.54) is 22.4 Å². The van der Waals surface area contributed by atoms with Crippen LogP contribution in [0.1, 0.15) is 11.3 Å². The van der Waals surface area contributed by atoms with Crippen LogP contribution in [0.2, 0.25) is 0 Å². The first-order valence-electron chi connectivity index (χ1n) is 8.18. The molecule has 6 heteroatoms. The highest BCUT2D eigenvalue weighted by Gasteiger charge is 2.12. The third-order valence-electron chi connectivity index (χ3n) is 3.70. The number of thioether (sulfide) groups is 1. The molecule has 0 aliphatic rings. The number of aromatic nitrogens is 2. The summed E-state index contributed by atoms with van der Waals surface area (Å²) >= 11 is 1.24. The van der Waals surface area contributed by atoms with Crippen molar-refractivity contribution in [1.29, 1.82) is 0 Å². The zero-order valence-corrected chi connectivity index (χ0v) is 15.4. The van der Waals surface area contributed by atoms with Gasteiger partial charge in [-0.2, -0.15) is 0 Å². The molecule has 0 bridgehead atoms.